The third-order valence-corrected chi connectivity index (χ3v) is 2.96. The number of rotatable bonds is 2. The van der Waals surface area contributed by atoms with E-state index < -0.39 is 11.0 Å². The molecule has 1 heterocycles. The van der Waals surface area contributed by atoms with Crippen molar-refractivity contribution in [1.29, 1.82) is 0 Å². The van der Waals surface area contributed by atoms with Crippen molar-refractivity contribution < 1.29 is 8.69 Å². The minimum absolute atomic E-state index is 0.321. The molecule has 2 rings (SSSR count). The lowest BCUT2D eigenvalue weighted by molar-refractivity contribution is 0.0104. The normalized spacial score (nSPS) is 18.3. The fraction of sp³-hybridized carbons (Fsp3) is 0.400. The fourth-order valence-corrected chi connectivity index (χ4v) is 2.21. The van der Waals surface area contributed by atoms with Gasteiger partial charge in [0.25, 0.3) is 0 Å². The van der Waals surface area contributed by atoms with Crippen LogP contribution in [0.1, 0.15) is 11.1 Å². The first-order valence-electron chi connectivity index (χ1n) is 4.78. The zero-order chi connectivity index (χ0) is 10.8. The van der Waals surface area contributed by atoms with E-state index >= 15 is 0 Å². The highest BCUT2D eigenvalue weighted by Gasteiger charge is 2.15. The first-order valence-corrected chi connectivity index (χ1v) is 6.33. The van der Waals surface area contributed by atoms with Crippen LogP contribution >= 0.6 is 0 Å². The summed E-state index contributed by atoms with van der Waals surface area (Å²) in [5, 5.41) is 0.801. The molecule has 15 heavy (non-hydrogen) atoms. The highest BCUT2D eigenvalue weighted by molar-refractivity contribution is 7.85. The van der Waals surface area contributed by atoms with Crippen molar-refractivity contribution in [2.45, 2.75) is 13.0 Å². The van der Waals surface area contributed by atoms with E-state index in [1.54, 1.807) is 6.26 Å². The minimum Gasteiger partial charge on any atom is -0.305 e. The molecule has 0 spiro atoms. The number of halogens is 1. The minimum atomic E-state index is -1.08. The lowest BCUT2D eigenvalue weighted by atomic mass is 10.0. The molecule has 0 fully saturated rings. The smallest absolute Gasteiger partial charge is 0.113 e. The molecule has 1 aliphatic rings. The van der Waals surface area contributed by atoms with Gasteiger partial charge in [-0.3, -0.25) is 0 Å². The maximum atomic E-state index is 13.0. The van der Waals surface area contributed by atoms with E-state index in [4.69, 9.17) is 0 Å². The van der Waals surface area contributed by atoms with Gasteiger partial charge in [0.15, 0.2) is 0 Å². The Hall–Kier alpha value is -0.940. The SMILES string of the molecule is CS(=O)Nc1ccc2c(c1)CN(F)CC2. The van der Waals surface area contributed by atoms with Gasteiger partial charge in [-0.1, -0.05) is 6.07 Å². The Kier molecular flexibility index (Phi) is 3.02. The second-order valence-electron chi connectivity index (χ2n) is 3.63. The second kappa shape index (κ2) is 4.28. The Balaban J connectivity index is 2.24. The van der Waals surface area contributed by atoms with E-state index in [1.165, 1.54) is 5.56 Å². The van der Waals surface area contributed by atoms with E-state index in [0.29, 0.717) is 13.1 Å². The van der Waals surface area contributed by atoms with Crippen LogP contribution in [0.4, 0.5) is 10.2 Å². The van der Waals surface area contributed by atoms with E-state index in [-0.39, 0.29) is 0 Å². The second-order valence-corrected chi connectivity index (χ2v) is 4.75. The summed E-state index contributed by atoms with van der Waals surface area (Å²) in [6.07, 6.45) is 2.31. The van der Waals surface area contributed by atoms with Crippen LogP contribution in [0.25, 0.3) is 0 Å². The Morgan fingerprint density at radius 2 is 2.27 bits per heavy atom. The highest BCUT2D eigenvalue weighted by Crippen LogP contribution is 2.22. The zero-order valence-electron chi connectivity index (χ0n) is 8.50. The molecule has 82 valence electrons. The first kappa shape index (κ1) is 10.6. The number of fused-ring (bicyclic) bond motifs is 1. The van der Waals surface area contributed by atoms with Crippen LogP contribution in [0.15, 0.2) is 18.2 Å². The highest BCUT2D eigenvalue weighted by atomic mass is 32.2. The molecule has 0 aromatic heterocycles. The number of nitrogens with zero attached hydrogens (tertiary/aromatic N) is 1. The van der Waals surface area contributed by atoms with Crippen LogP contribution in [-0.2, 0) is 24.0 Å². The van der Waals surface area contributed by atoms with Crippen molar-refractivity contribution in [3.8, 4) is 0 Å². The molecule has 0 saturated heterocycles. The molecule has 1 aromatic rings. The molecule has 0 radical (unpaired) electrons. The summed E-state index contributed by atoms with van der Waals surface area (Å²) in [5.74, 6) is 0. The van der Waals surface area contributed by atoms with Gasteiger partial charge in [0.05, 0.1) is 6.54 Å². The molecule has 1 atom stereocenters. The van der Waals surface area contributed by atoms with Gasteiger partial charge >= 0.3 is 0 Å². The van der Waals surface area contributed by atoms with Crippen LogP contribution < -0.4 is 4.72 Å². The Labute approximate surface area is 90.8 Å². The summed E-state index contributed by atoms with van der Waals surface area (Å²) in [5.41, 5.74) is 2.93. The topological polar surface area (TPSA) is 32.3 Å². The summed E-state index contributed by atoms with van der Waals surface area (Å²) >= 11 is 0. The molecule has 1 N–H and O–H groups in total. The molecule has 3 nitrogen and oxygen atoms in total. The summed E-state index contributed by atoms with van der Waals surface area (Å²) < 4.78 is 26.8. The van der Waals surface area contributed by atoms with Crippen LogP contribution in [-0.4, -0.2) is 22.1 Å². The number of benzene rings is 1. The average molecular weight is 228 g/mol. The van der Waals surface area contributed by atoms with Gasteiger partial charge < -0.3 is 4.72 Å². The molecule has 1 aromatic carbocycles. The van der Waals surface area contributed by atoms with Crippen LogP contribution in [0, 0.1) is 0 Å². The van der Waals surface area contributed by atoms with Gasteiger partial charge in [-0.2, -0.15) is 0 Å². The van der Waals surface area contributed by atoms with E-state index in [2.05, 4.69) is 4.72 Å². The predicted octanol–water partition coefficient (Wildman–Crippen LogP) is 1.63. The molecule has 5 heteroatoms. The third-order valence-electron chi connectivity index (χ3n) is 2.43. The molecule has 1 aliphatic heterocycles. The average Bonchev–Trinajstić information content (AvgIpc) is 2.16. The lowest BCUT2D eigenvalue weighted by Crippen LogP contribution is -2.23. The molecule has 0 bridgehead atoms. The van der Waals surface area contributed by atoms with Gasteiger partial charge in [-0.05, 0) is 29.7 Å². The fourth-order valence-electron chi connectivity index (χ4n) is 1.75. The van der Waals surface area contributed by atoms with Gasteiger partial charge in [0.2, 0.25) is 0 Å². The summed E-state index contributed by atoms with van der Waals surface area (Å²) in [4.78, 5) is 0. The molecule has 0 amide bonds. The molecule has 0 saturated carbocycles. The predicted molar refractivity (Wildman–Crippen MR) is 59.4 cm³/mol. The maximum absolute atomic E-state index is 13.0. The lowest BCUT2D eigenvalue weighted by Gasteiger charge is -2.21. The van der Waals surface area contributed by atoms with E-state index in [0.717, 1.165) is 22.8 Å². The van der Waals surface area contributed by atoms with Gasteiger partial charge in [0, 0.05) is 18.5 Å². The van der Waals surface area contributed by atoms with Crippen LogP contribution in [0.2, 0.25) is 0 Å². The number of hydrogen-bond acceptors (Lipinski definition) is 2. The van der Waals surface area contributed by atoms with Gasteiger partial charge in [-0.15, -0.1) is 9.60 Å². The quantitative estimate of drug-likeness (QED) is 0.780. The summed E-state index contributed by atoms with van der Waals surface area (Å²) in [6, 6.07) is 5.72. The van der Waals surface area contributed by atoms with Gasteiger partial charge in [-0.25, -0.2) is 4.21 Å². The molecular formula is C10H13FN2OS. The monoisotopic (exact) mass is 228 g/mol. The maximum Gasteiger partial charge on any atom is 0.113 e. The van der Waals surface area contributed by atoms with E-state index in [1.807, 2.05) is 18.2 Å². The molecular weight excluding hydrogens is 215 g/mol. The van der Waals surface area contributed by atoms with Crippen molar-refractivity contribution >= 4 is 16.7 Å². The van der Waals surface area contributed by atoms with Crippen molar-refractivity contribution in [1.82, 2.24) is 5.12 Å². The third kappa shape index (κ3) is 2.54. The molecule has 0 aliphatic carbocycles. The number of nitrogens with one attached hydrogen (secondary N) is 1. The van der Waals surface area contributed by atoms with Gasteiger partial charge in [0.1, 0.15) is 11.0 Å². The van der Waals surface area contributed by atoms with Crippen LogP contribution in [0.3, 0.4) is 0 Å². The zero-order valence-corrected chi connectivity index (χ0v) is 9.31. The summed E-state index contributed by atoms with van der Waals surface area (Å²) in [7, 11) is -1.08. The van der Waals surface area contributed by atoms with E-state index in [9.17, 15) is 8.69 Å². The number of hydrogen-bond donors (Lipinski definition) is 1. The first-order chi connectivity index (χ1) is 7.15. The Bertz CT molecular complexity index is 397. The Morgan fingerprint density at radius 3 is 3.00 bits per heavy atom. The van der Waals surface area contributed by atoms with Crippen molar-refractivity contribution in [3.63, 3.8) is 0 Å². The standard InChI is InChI=1S/C10H13FN2OS/c1-15(14)12-10-3-2-8-4-5-13(11)7-9(8)6-10/h2-3,6,12H,4-5,7H2,1H3. The van der Waals surface area contributed by atoms with Crippen molar-refractivity contribution in [2.24, 2.45) is 0 Å². The molecule has 1 unspecified atom stereocenters. The summed E-state index contributed by atoms with van der Waals surface area (Å²) in [6.45, 7) is 0.778. The number of anilines is 1. The van der Waals surface area contributed by atoms with Crippen molar-refractivity contribution in [2.75, 3.05) is 17.5 Å². The van der Waals surface area contributed by atoms with Crippen molar-refractivity contribution in [3.05, 3.63) is 29.3 Å². The Morgan fingerprint density at radius 1 is 1.47 bits per heavy atom. The largest absolute Gasteiger partial charge is 0.305 e. The van der Waals surface area contributed by atoms with Crippen LogP contribution in [0.5, 0.6) is 0 Å².